The minimum atomic E-state index is -0.183. The predicted molar refractivity (Wildman–Crippen MR) is 121 cm³/mol. The van der Waals surface area contributed by atoms with Gasteiger partial charge in [-0.2, -0.15) is 0 Å². The smallest absolute Gasteiger partial charge is 0.246 e. The Morgan fingerprint density at radius 3 is 2.20 bits per heavy atom. The third-order valence-electron chi connectivity index (χ3n) is 4.49. The van der Waals surface area contributed by atoms with Crippen molar-refractivity contribution in [3.05, 3.63) is 40.5 Å². The quantitative estimate of drug-likeness (QED) is 0.534. The molecule has 0 amide bonds. The molecule has 3 aromatic rings. The molecule has 1 N–H and O–H groups in total. The van der Waals surface area contributed by atoms with E-state index in [1.165, 1.54) is 11.3 Å². The summed E-state index contributed by atoms with van der Waals surface area (Å²) in [7, 11) is 4.76. The van der Waals surface area contributed by atoms with E-state index in [4.69, 9.17) is 30.8 Å². The maximum absolute atomic E-state index is 7.46. The zero-order chi connectivity index (χ0) is 22.1. The summed E-state index contributed by atoms with van der Waals surface area (Å²) in [5, 5.41) is 5.03. The van der Waals surface area contributed by atoms with Gasteiger partial charge in [0.2, 0.25) is 10.8 Å². The minimum Gasteiger partial charge on any atom is -0.493 e. The highest BCUT2D eigenvalue weighted by Crippen LogP contribution is 2.41. The molecule has 158 valence electrons. The molecule has 0 fully saturated rings. The summed E-state index contributed by atoms with van der Waals surface area (Å²) in [6, 6.07) is 3.80. The van der Waals surface area contributed by atoms with Crippen LogP contribution in [0.5, 0.6) is 17.2 Å². The van der Waals surface area contributed by atoms with Gasteiger partial charge < -0.3 is 19.5 Å². The van der Waals surface area contributed by atoms with Gasteiger partial charge in [-0.05, 0) is 51.0 Å². The molecule has 3 rings (SSSR count). The van der Waals surface area contributed by atoms with Gasteiger partial charge in [0.05, 0.1) is 27.9 Å². The largest absolute Gasteiger partial charge is 0.493 e. The fraction of sp³-hybridized carbons (Fsp3) is 0.409. The number of rotatable bonds is 6. The van der Waals surface area contributed by atoms with Gasteiger partial charge in [-0.1, -0.05) is 0 Å². The maximum atomic E-state index is 7.46. The Morgan fingerprint density at radius 1 is 1.07 bits per heavy atom. The van der Waals surface area contributed by atoms with Gasteiger partial charge >= 0.3 is 0 Å². The molecular weight excluding hydrogens is 400 g/mol. The van der Waals surface area contributed by atoms with Crippen LogP contribution in [-0.4, -0.2) is 36.8 Å². The third-order valence-corrected chi connectivity index (χ3v) is 5.57. The monoisotopic (exact) mass is 426 g/mol. The van der Waals surface area contributed by atoms with Crippen LogP contribution in [0.4, 0.5) is 10.8 Å². The van der Waals surface area contributed by atoms with Gasteiger partial charge in [0.15, 0.2) is 11.5 Å². The van der Waals surface area contributed by atoms with Crippen molar-refractivity contribution in [3.8, 4) is 17.2 Å². The summed E-state index contributed by atoms with van der Waals surface area (Å²) < 4.78 is 16.3. The number of anilines is 1. The second-order valence-corrected chi connectivity index (χ2v) is 8.88. The number of hydrogen-bond acceptors (Lipinski definition) is 7. The van der Waals surface area contributed by atoms with Gasteiger partial charge in [0.1, 0.15) is 16.5 Å². The first-order chi connectivity index (χ1) is 14.2. The molecule has 0 radical (unpaired) electrons. The van der Waals surface area contributed by atoms with Crippen molar-refractivity contribution in [2.75, 3.05) is 26.6 Å². The van der Waals surface area contributed by atoms with Crippen LogP contribution in [0.3, 0.4) is 0 Å². The second-order valence-electron chi connectivity index (χ2n) is 7.90. The van der Waals surface area contributed by atoms with Crippen molar-refractivity contribution in [1.82, 2.24) is 9.97 Å². The highest BCUT2D eigenvalue weighted by atomic mass is 32.1. The highest BCUT2D eigenvalue weighted by molar-refractivity contribution is 7.22. The van der Waals surface area contributed by atoms with Crippen molar-refractivity contribution in [1.29, 1.82) is 0 Å². The lowest BCUT2D eigenvalue weighted by Crippen LogP contribution is -2.27. The maximum Gasteiger partial charge on any atom is 0.246 e. The average molecular weight is 427 g/mol. The van der Waals surface area contributed by atoms with E-state index >= 15 is 0 Å². The summed E-state index contributed by atoms with van der Waals surface area (Å²) in [6.07, 6.45) is 0.482. The summed E-state index contributed by atoms with van der Waals surface area (Å²) in [4.78, 5) is 14.0. The Morgan fingerprint density at radius 2 is 1.70 bits per heavy atom. The van der Waals surface area contributed by atoms with Crippen LogP contribution < -0.4 is 19.5 Å². The molecule has 0 aliphatic rings. The number of aromatic nitrogens is 2. The molecule has 30 heavy (non-hydrogen) atoms. The van der Waals surface area contributed by atoms with Crippen LogP contribution in [0, 0.1) is 13.5 Å². The zero-order valence-corrected chi connectivity index (χ0v) is 19.2. The molecule has 2 aromatic heterocycles. The molecule has 7 nitrogen and oxygen atoms in total. The first-order valence-corrected chi connectivity index (χ1v) is 10.3. The first-order valence-electron chi connectivity index (χ1n) is 9.45. The number of nitrogens with zero attached hydrogens (tertiary/aromatic N) is 3. The zero-order valence-electron chi connectivity index (χ0n) is 18.3. The number of methoxy groups -OCH3 is 3. The SMILES string of the molecule is [C-]#[N+]c1sc2nc(Cc3cc(OC)c(OC)c(OC)c3)nc(NC(C)(C)C)c2c1C. The van der Waals surface area contributed by atoms with E-state index in [-0.39, 0.29) is 5.54 Å². The lowest BCUT2D eigenvalue weighted by atomic mass is 10.1. The van der Waals surface area contributed by atoms with Crippen molar-refractivity contribution < 1.29 is 14.2 Å². The fourth-order valence-corrected chi connectivity index (χ4v) is 4.21. The lowest BCUT2D eigenvalue weighted by molar-refractivity contribution is 0.324. The van der Waals surface area contributed by atoms with E-state index in [1.807, 2.05) is 19.1 Å². The molecule has 0 bridgehead atoms. The van der Waals surface area contributed by atoms with Crippen LogP contribution in [0.1, 0.15) is 37.7 Å². The Kier molecular flexibility index (Phi) is 6.04. The van der Waals surface area contributed by atoms with Gasteiger partial charge in [-0.25, -0.2) is 14.8 Å². The lowest BCUT2D eigenvalue weighted by Gasteiger charge is -2.22. The summed E-state index contributed by atoms with van der Waals surface area (Å²) in [5.41, 5.74) is 1.66. The van der Waals surface area contributed by atoms with Gasteiger partial charge in [-0.15, -0.1) is 11.3 Å². The Balaban J connectivity index is 2.12. The molecule has 1 aromatic carbocycles. The minimum absolute atomic E-state index is 0.183. The molecule has 0 aliphatic heterocycles. The van der Waals surface area contributed by atoms with Crippen molar-refractivity contribution >= 4 is 32.4 Å². The number of aryl methyl sites for hydroxylation is 1. The van der Waals surface area contributed by atoms with E-state index in [0.717, 1.165) is 27.2 Å². The Hall–Kier alpha value is -3.05. The molecular formula is C22H26N4O3S. The number of fused-ring (bicyclic) bond motifs is 1. The van der Waals surface area contributed by atoms with E-state index in [9.17, 15) is 0 Å². The number of benzene rings is 1. The molecule has 0 unspecified atom stereocenters. The van der Waals surface area contributed by atoms with E-state index in [1.54, 1.807) is 21.3 Å². The molecule has 0 aliphatic carbocycles. The molecule has 0 saturated carbocycles. The van der Waals surface area contributed by atoms with Crippen molar-refractivity contribution in [2.45, 2.75) is 39.7 Å². The summed E-state index contributed by atoms with van der Waals surface area (Å²) in [6.45, 7) is 15.6. The van der Waals surface area contributed by atoms with Gasteiger partial charge in [0.25, 0.3) is 0 Å². The number of nitrogens with one attached hydrogen (secondary N) is 1. The van der Waals surface area contributed by atoms with Crippen LogP contribution in [0.15, 0.2) is 12.1 Å². The van der Waals surface area contributed by atoms with Crippen LogP contribution in [-0.2, 0) is 6.42 Å². The molecule has 2 heterocycles. The van der Waals surface area contributed by atoms with Crippen LogP contribution >= 0.6 is 11.3 Å². The normalized spacial score (nSPS) is 11.3. The standard InChI is InChI=1S/C22H26N4O3S/c1-12-17-19(26-22(2,3)4)24-16(25-21(17)30-20(12)23-5)11-13-9-14(27-6)18(29-8)15(10-13)28-7/h9-10H,11H2,1-4,6-8H3,(H,24,25,26). The summed E-state index contributed by atoms with van der Waals surface area (Å²) >= 11 is 1.40. The fourth-order valence-electron chi connectivity index (χ4n) is 3.22. The Bertz CT molecular complexity index is 1100. The predicted octanol–water partition coefficient (Wildman–Crippen LogP) is 5.38. The summed E-state index contributed by atoms with van der Waals surface area (Å²) in [5.74, 6) is 3.12. The highest BCUT2D eigenvalue weighted by Gasteiger charge is 2.21. The molecule has 0 atom stereocenters. The number of thiophene rings is 1. The molecule has 0 spiro atoms. The average Bonchev–Trinajstić information content (AvgIpc) is 3.01. The van der Waals surface area contributed by atoms with Crippen molar-refractivity contribution in [2.24, 2.45) is 0 Å². The van der Waals surface area contributed by atoms with E-state index < -0.39 is 0 Å². The Labute approximate surface area is 180 Å². The second kappa shape index (κ2) is 8.36. The van der Waals surface area contributed by atoms with Crippen LogP contribution in [0.25, 0.3) is 15.1 Å². The van der Waals surface area contributed by atoms with E-state index in [0.29, 0.717) is 34.5 Å². The molecule has 8 heteroatoms. The third kappa shape index (κ3) is 4.26. The van der Waals surface area contributed by atoms with Gasteiger partial charge in [-0.3, -0.25) is 0 Å². The van der Waals surface area contributed by atoms with E-state index in [2.05, 4.69) is 30.9 Å². The van der Waals surface area contributed by atoms with Gasteiger partial charge in [0, 0.05) is 17.3 Å². The topological polar surface area (TPSA) is 69.9 Å². The molecule has 0 saturated heterocycles. The number of hydrogen-bond donors (Lipinski definition) is 1. The van der Waals surface area contributed by atoms with Crippen molar-refractivity contribution in [3.63, 3.8) is 0 Å². The first kappa shape index (κ1) is 21.7. The van der Waals surface area contributed by atoms with Crippen LogP contribution in [0.2, 0.25) is 0 Å². The number of ether oxygens (including phenoxy) is 3.